The molecule has 0 spiro atoms. The number of hydrogen-bond donors (Lipinski definition) is 0. The van der Waals surface area contributed by atoms with Gasteiger partial charge in [-0.15, -0.1) is 0 Å². The van der Waals surface area contributed by atoms with Crippen molar-refractivity contribution in [2.75, 3.05) is 7.11 Å². The van der Waals surface area contributed by atoms with Gasteiger partial charge in [-0.25, -0.2) is 0 Å². The molecular formula is C10H14N2O2. The van der Waals surface area contributed by atoms with E-state index in [0.717, 1.165) is 0 Å². The summed E-state index contributed by atoms with van der Waals surface area (Å²) in [6.45, 7) is 4.39. The number of ether oxygens (including phenoxy) is 1. The van der Waals surface area contributed by atoms with Crippen LogP contribution in [0.5, 0.6) is 5.75 Å². The Morgan fingerprint density at radius 2 is 2.43 bits per heavy atom. The van der Waals surface area contributed by atoms with Crippen LogP contribution in [0.15, 0.2) is 18.3 Å². The molecule has 14 heavy (non-hydrogen) atoms. The van der Waals surface area contributed by atoms with Crippen LogP contribution in [-0.4, -0.2) is 22.7 Å². The predicted octanol–water partition coefficient (Wildman–Crippen LogP) is 1.67. The molecule has 0 aliphatic carbocycles. The zero-order valence-electron chi connectivity index (χ0n) is 8.65. The Kier molecular flexibility index (Phi) is 3.45. The summed E-state index contributed by atoms with van der Waals surface area (Å²) in [6.07, 6.45) is 4.76. The summed E-state index contributed by atoms with van der Waals surface area (Å²) in [4.78, 5) is 11.6. The van der Waals surface area contributed by atoms with Gasteiger partial charge in [-0.1, -0.05) is 6.08 Å². The molecule has 0 fully saturated rings. The van der Waals surface area contributed by atoms with Crippen LogP contribution in [0.4, 0.5) is 0 Å². The molecule has 0 atom stereocenters. The summed E-state index contributed by atoms with van der Waals surface area (Å²) in [5.74, 6) is 0.443. The third-order valence-electron chi connectivity index (χ3n) is 1.88. The van der Waals surface area contributed by atoms with E-state index in [2.05, 4.69) is 5.10 Å². The predicted molar refractivity (Wildman–Crippen MR) is 53.6 cm³/mol. The van der Waals surface area contributed by atoms with E-state index >= 15 is 0 Å². The summed E-state index contributed by atoms with van der Waals surface area (Å²) in [5.41, 5.74) is 0.508. The van der Waals surface area contributed by atoms with Crippen LogP contribution in [0.25, 0.3) is 0 Å². The Morgan fingerprint density at radius 3 is 2.93 bits per heavy atom. The maximum Gasteiger partial charge on any atom is 0.207 e. The number of carbonyl (C=O) groups excluding carboxylic acids is 1. The number of allylic oxidation sites excluding steroid dienone is 2. The number of methoxy groups -OCH3 is 1. The lowest BCUT2D eigenvalue weighted by Crippen LogP contribution is -2.08. The molecule has 1 aromatic rings. The van der Waals surface area contributed by atoms with Crippen molar-refractivity contribution in [2.45, 2.75) is 20.4 Å². The van der Waals surface area contributed by atoms with E-state index < -0.39 is 0 Å². The quantitative estimate of drug-likeness (QED) is 0.541. The monoisotopic (exact) mass is 194 g/mol. The third kappa shape index (κ3) is 1.84. The first-order valence-corrected chi connectivity index (χ1v) is 4.51. The van der Waals surface area contributed by atoms with E-state index in [9.17, 15) is 4.79 Å². The smallest absolute Gasteiger partial charge is 0.207 e. The number of hydrogen-bond acceptors (Lipinski definition) is 3. The van der Waals surface area contributed by atoms with Gasteiger partial charge in [0.15, 0.2) is 11.4 Å². The second kappa shape index (κ2) is 4.60. The average molecular weight is 194 g/mol. The number of carbonyl (C=O) groups is 1. The molecule has 0 aliphatic heterocycles. The fraction of sp³-hybridized carbons (Fsp3) is 0.400. The van der Waals surface area contributed by atoms with Crippen LogP contribution in [0.1, 0.15) is 24.3 Å². The third-order valence-corrected chi connectivity index (χ3v) is 1.88. The van der Waals surface area contributed by atoms with Gasteiger partial charge in [0.05, 0.1) is 13.3 Å². The van der Waals surface area contributed by atoms with Crippen LogP contribution >= 0.6 is 0 Å². The second-order valence-corrected chi connectivity index (χ2v) is 2.74. The van der Waals surface area contributed by atoms with Crippen molar-refractivity contribution in [1.82, 2.24) is 9.78 Å². The topological polar surface area (TPSA) is 44.1 Å². The fourth-order valence-electron chi connectivity index (χ4n) is 1.24. The number of aromatic nitrogens is 2. The van der Waals surface area contributed by atoms with Crippen molar-refractivity contribution in [2.24, 2.45) is 0 Å². The van der Waals surface area contributed by atoms with Crippen LogP contribution in [0, 0.1) is 0 Å². The molecule has 0 amide bonds. The number of ketones is 1. The van der Waals surface area contributed by atoms with E-state index in [4.69, 9.17) is 4.74 Å². The van der Waals surface area contributed by atoms with Crippen molar-refractivity contribution >= 4 is 5.78 Å². The van der Waals surface area contributed by atoms with Gasteiger partial charge in [-0.05, 0) is 19.9 Å². The zero-order chi connectivity index (χ0) is 10.6. The Hall–Kier alpha value is -1.58. The summed E-state index contributed by atoms with van der Waals surface area (Å²) >= 11 is 0. The first-order valence-electron chi connectivity index (χ1n) is 4.51. The van der Waals surface area contributed by atoms with E-state index in [1.165, 1.54) is 13.2 Å². The molecular weight excluding hydrogens is 180 g/mol. The molecule has 1 aromatic heterocycles. The van der Waals surface area contributed by atoms with Gasteiger partial charge < -0.3 is 4.74 Å². The Bertz CT molecular complexity index is 332. The highest BCUT2D eigenvalue weighted by atomic mass is 16.5. The minimum absolute atomic E-state index is 0.0799. The Balaban J connectivity index is 3.14. The lowest BCUT2D eigenvalue weighted by Gasteiger charge is -2.02. The molecule has 4 heteroatoms. The SMILES string of the molecule is C/C=C/C(=O)c1c(OC)cnn1CC. The van der Waals surface area contributed by atoms with Crippen LogP contribution < -0.4 is 4.74 Å². The molecule has 1 rings (SSSR count). The van der Waals surface area contributed by atoms with Gasteiger partial charge in [0, 0.05) is 6.54 Å². The van der Waals surface area contributed by atoms with E-state index in [1.54, 1.807) is 23.9 Å². The van der Waals surface area contributed by atoms with Crippen LogP contribution in [-0.2, 0) is 6.54 Å². The summed E-state index contributed by atoms with van der Waals surface area (Å²) in [6, 6.07) is 0. The molecule has 1 heterocycles. The van der Waals surface area contributed by atoms with E-state index in [1.807, 2.05) is 6.92 Å². The molecule has 76 valence electrons. The van der Waals surface area contributed by atoms with E-state index in [-0.39, 0.29) is 5.78 Å². The van der Waals surface area contributed by atoms with Gasteiger partial charge in [0.2, 0.25) is 5.78 Å². The number of nitrogens with zero attached hydrogens (tertiary/aromatic N) is 2. The summed E-state index contributed by atoms with van der Waals surface area (Å²) < 4.78 is 6.68. The maximum atomic E-state index is 11.6. The summed E-state index contributed by atoms with van der Waals surface area (Å²) in [7, 11) is 1.53. The largest absolute Gasteiger partial charge is 0.493 e. The van der Waals surface area contributed by atoms with Crippen molar-refractivity contribution < 1.29 is 9.53 Å². The second-order valence-electron chi connectivity index (χ2n) is 2.74. The number of aryl methyl sites for hydroxylation is 1. The summed E-state index contributed by atoms with van der Waals surface area (Å²) in [5, 5.41) is 4.05. The number of rotatable bonds is 4. The van der Waals surface area contributed by atoms with Crippen molar-refractivity contribution in [1.29, 1.82) is 0 Å². The zero-order valence-corrected chi connectivity index (χ0v) is 8.65. The van der Waals surface area contributed by atoms with Gasteiger partial charge >= 0.3 is 0 Å². The van der Waals surface area contributed by atoms with Gasteiger partial charge in [0.1, 0.15) is 0 Å². The highest BCUT2D eigenvalue weighted by Gasteiger charge is 2.15. The van der Waals surface area contributed by atoms with E-state index in [0.29, 0.717) is 18.0 Å². The lowest BCUT2D eigenvalue weighted by molar-refractivity contribution is 0.103. The Labute approximate surface area is 83.2 Å². The Morgan fingerprint density at radius 1 is 1.71 bits per heavy atom. The lowest BCUT2D eigenvalue weighted by atomic mass is 10.2. The highest BCUT2D eigenvalue weighted by molar-refractivity contribution is 6.05. The fourth-order valence-corrected chi connectivity index (χ4v) is 1.24. The molecule has 0 N–H and O–H groups in total. The minimum atomic E-state index is -0.0799. The molecule has 0 saturated heterocycles. The molecule has 0 aromatic carbocycles. The molecule has 0 aliphatic rings. The van der Waals surface area contributed by atoms with Crippen molar-refractivity contribution in [3.63, 3.8) is 0 Å². The van der Waals surface area contributed by atoms with Gasteiger partial charge in [0.25, 0.3) is 0 Å². The van der Waals surface area contributed by atoms with Crippen LogP contribution in [0.2, 0.25) is 0 Å². The van der Waals surface area contributed by atoms with Crippen molar-refractivity contribution in [3.05, 3.63) is 24.0 Å². The van der Waals surface area contributed by atoms with Gasteiger partial charge in [-0.2, -0.15) is 5.10 Å². The molecule has 4 nitrogen and oxygen atoms in total. The first-order chi connectivity index (χ1) is 6.74. The minimum Gasteiger partial charge on any atom is -0.493 e. The normalized spacial score (nSPS) is 10.8. The van der Waals surface area contributed by atoms with Crippen LogP contribution in [0.3, 0.4) is 0 Å². The molecule has 0 saturated carbocycles. The van der Waals surface area contributed by atoms with Crippen molar-refractivity contribution in [3.8, 4) is 5.75 Å². The highest BCUT2D eigenvalue weighted by Crippen LogP contribution is 2.18. The standard InChI is InChI=1S/C10H14N2O2/c1-4-6-8(13)10-9(14-3)7-11-12(10)5-2/h4,6-7H,5H2,1-3H3/b6-4+. The first kappa shape index (κ1) is 10.5. The molecule has 0 unspecified atom stereocenters. The molecule has 0 bridgehead atoms. The molecule has 0 radical (unpaired) electrons. The average Bonchev–Trinajstić information content (AvgIpc) is 2.60. The maximum absolute atomic E-state index is 11.6. The van der Waals surface area contributed by atoms with Gasteiger partial charge in [-0.3, -0.25) is 9.48 Å².